The molecule has 2 fully saturated rings. The number of carbonyl (C=O) groups is 5. The summed E-state index contributed by atoms with van der Waals surface area (Å²) in [4.78, 5) is 66.3. The number of benzene rings is 2. The third kappa shape index (κ3) is 9.19. The molecule has 2 aliphatic heterocycles. The van der Waals surface area contributed by atoms with E-state index in [1.165, 1.54) is 26.8 Å². The van der Waals surface area contributed by atoms with Crippen molar-refractivity contribution in [1.29, 1.82) is 0 Å². The normalized spacial score (nSPS) is 19.1. The van der Waals surface area contributed by atoms with Crippen LogP contribution in [-0.4, -0.2) is 105 Å². The van der Waals surface area contributed by atoms with Crippen molar-refractivity contribution in [2.24, 2.45) is 11.5 Å². The molecule has 0 aliphatic carbocycles. The lowest BCUT2D eigenvalue weighted by molar-refractivity contribution is -0.192. The SMILES string of the molecule is CN(C(=O)[C@@H]1CCCN1C(=O)[C@@H](N)Cc1ccc(O)cc1)[C@@H](Cc1ccccc1)C(=O)N1CCC[C@@H]1C(N)=O.O=C(O)C(F)(F)F. The molecular weight excluding hydrogens is 611 g/mol. The lowest BCUT2D eigenvalue weighted by Crippen LogP contribution is -2.58. The molecule has 2 heterocycles. The van der Waals surface area contributed by atoms with E-state index in [1.54, 1.807) is 19.2 Å². The Bertz CT molecular complexity index is 1390. The summed E-state index contributed by atoms with van der Waals surface area (Å²) in [5, 5.41) is 16.6. The molecule has 12 nitrogen and oxygen atoms in total. The Morgan fingerprint density at radius 2 is 1.37 bits per heavy atom. The molecule has 2 saturated heterocycles. The largest absolute Gasteiger partial charge is 0.508 e. The van der Waals surface area contributed by atoms with E-state index < -0.39 is 42.2 Å². The highest BCUT2D eigenvalue weighted by molar-refractivity contribution is 5.95. The molecule has 6 N–H and O–H groups in total. The van der Waals surface area contributed by atoms with E-state index in [2.05, 4.69) is 0 Å². The van der Waals surface area contributed by atoms with E-state index in [1.807, 2.05) is 30.3 Å². The predicted octanol–water partition coefficient (Wildman–Crippen LogP) is 1.43. The number of aromatic hydroxyl groups is 1. The van der Waals surface area contributed by atoms with E-state index in [9.17, 15) is 37.5 Å². The van der Waals surface area contributed by atoms with E-state index >= 15 is 0 Å². The summed E-state index contributed by atoms with van der Waals surface area (Å²) >= 11 is 0. The molecule has 2 aromatic rings. The van der Waals surface area contributed by atoms with Gasteiger partial charge >= 0.3 is 12.1 Å². The van der Waals surface area contributed by atoms with Crippen molar-refractivity contribution in [2.75, 3.05) is 20.1 Å². The first-order valence-electron chi connectivity index (χ1n) is 14.7. The number of aliphatic carboxylic acids is 1. The number of carboxylic acid groups (broad SMARTS) is 1. The van der Waals surface area contributed by atoms with Gasteiger partial charge in [0, 0.05) is 26.6 Å². The van der Waals surface area contributed by atoms with Crippen LogP contribution in [-0.2, 0) is 36.8 Å². The zero-order valence-corrected chi connectivity index (χ0v) is 25.2. The molecular formula is C31H38F3N5O7. The summed E-state index contributed by atoms with van der Waals surface area (Å²) in [6.07, 6.45) is -2.26. The summed E-state index contributed by atoms with van der Waals surface area (Å²) in [7, 11) is 1.58. The first-order valence-corrected chi connectivity index (χ1v) is 14.7. The molecule has 46 heavy (non-hydrogen) atoms. The lowest BCUT2D eigenvalue weighted by Gasteiger charge is -2.36. The number of alkyl halides is 3. The molecule has 0 radical (unpaired) electrons. The van der Waals surface area contributed by atoms with Gasteiger partial charge in [0.25, 0.3) is 0 Å². The van der Waals surface area contributed by atoms with E-state index in [4.69, 9.17) is 21.4 Å². The monoisotopic (exact) mass is 649 g/mol. The molecule has 15 heteroatoms. The number of amides is 4. The van der Waals surface area contributed by atoms with Gasteiger partial charge in [-0.2, -0.15) is 13.2 Å². The number of likely N-dealkylation sites (N-methyl/N-ethyl adjacent to an activating group) is 1. The van der Waals surface area contributed by atoms with Gasteiger partial charge in [0.2, 0.25) is 23.6 Å². The summed E-state index contributed by atoms with van der Waals surface area (Å²) in [6, 6.07) is 12.8. The maximum absolute atomic E-state index is 13.8. The summed E-state index contributed by atoms with van der Waals surface area (Å²) in [5.74, 6) is -4.16. The van der Waals surface area contributed by atoms with Crippen LogP contribution in [0.4, 0.5) is 13.2 Å². The molecule has 0 aromatic heterocycles. The van der Waals surface area contributed by atoms with Gasteiger partial charge in [-0.15, -0.1) is 0 Å². The molecule has 4 atom stereocenters. The van der Waals surface area contributed by atoms with Gasteiger partial charge < -0.3 is 36.4 Å². The maximum Gasteiger partial charge on any atom is 0.490 e. The van der Waals surface area contributed by atoms with Crippen LogP contribution in [0.15, 0.2) is 54.6 Å². The molecule has 0 spiro atoms. The number of halogens is 3. The van der Waals surface area contributed by atoms with Crippen molar-refractivity contribution < 1.29 is 47.4 Å². The standard InChI is InChI=1S/C29H37N5O5.C2HF3O2/c1-32(25(18-19-7-3-2-4-8-19)29(39)33-15-5-9-23(33)26(31)36)28(38)24-10-6-16-34(24)27(37)22(30)17-20-11-13-21(35)14-12-20;3-2(4,5)1(6)7/h2-4,7-8,11-14,22-25,35H,5-6,9-10,15-18,30H2,1H3,(H2,31,36);(H,6,7)/t22-,23+,24-,25-;/m0./s1. The van der Waals surface area contributed by atoms with Crippen LogP contribution in [0.1, 0.15) is 36.8 Å². The van der Waals surface area contributed by atoms with E-state index in [-0.39, 0.29) is 36.3 Å². The van der Waals surface area contributed by atoms with Crippen molar-refractivity contribution >= 4 is 29.6 Å². The average molecular weight is 650 g/mol. The Balaban J connectivity index is 0.000000738. The molecule has 2 aliphatic rings. The number of rotatable bonds is 9. The zero-order chi connectivity index (χ0) is 34.2. The minimum Gasteiger partial charge on any atom is -0.508 e. The van der Waals surface area contributed by atoms with Crippen LogP contribution >= 0.6 is 0 Å². The number of carbonyl (C=O) groups excluding carboxylic acids is 4. The Hall–Kier alpha value is -4.66. The topological polar surface area (TPSA) is 188 Å². The van der Waals surface area contributed by atoms with Crippen molar-refractivity contribution in [3.63, 3.8) is 0 Å². The fourth-order valence-corrected chi connectivity index (χ4v) is 5.61. The van der Waals surface area contributed by atoms with Gasteiger partial charge in [0.1, 0.15) is 23.9 Å². The number of phenolic OH excluding ortho intramolecular Hbond substituents is 1. The number of phenols is 1. The number of nitrogens with two attached hydrogens (primary N) is 2. The Morgan fingerprint density at radius 1 is 0.870 bits per heavy atom. The van der Waals surface area contributed by atoms with Crippen LogP contribution in [0.2, 0.25) is 0 Å². The molecule has 0 saturated carbocycles. The Kier molecular flexibility index (Phi) is 12.1. The molecule has 0 unspecified atom stereocenters. The number of carboxylic acids is 1. The van der Waals surface area contributed by atoms with Crippen LogP contribution in [0.25, 0.3) is 0 Å². The van der Waals surface area contributed by atoms with Crippen LogP contribution in [0.3, 0.4) is 0 Å². The highest BCUT2D eigenvalue weighted by atomic mass is 19.4. The first kappa shape index (κ1) is 35.8. The Morgan fingerprint density at radius 3 is 1.89 bits per heavy atom. The summed E-state index contributed by atoms with van der Waals surface area (Å²) < 4.78 is 31.7. The quantitative estimate of drug-likeness (QED) is 0.314. The third-order valence-corrected chi connectivity index (χ3v) is 8.01. The minimum absolute atomic E-state index is 0.127. The fraction of sp³-hybridized carbons (Fsp3) is 0.452. The van der Waals surface area contributed by atoms with Crippen molar-refractivity contribution in [3.05, 3.63) is 65.7 Å². The van der Waals surface area contributed by atoms with Crippen LogP contribution in [0, 0.1) is 0 Å². The molecule has 2 aromatic carbocycles. The highest BCUT2D eigenvalue weighted by Gasteiger charge is 2.43. The average Bonchev–Trinajstić information content (AvgIpc) is 3.71. The molecule has 4 rings (SSSR count). The van der Waals surface area contributed by atoms with Crippen molar-refractivity contribution in [3.8, 4) is 5.75 Å². The van der Waals surface area contributed by atoms with Gasteiger partial charge in [-0.25, -0.2) is 4.79 Å². The smallest absolute Gasteiger partial charge is 0.490 e. The second-order valence-corrected chi connectivity index (χ2v) is 11.2. The van der Waals surface area contributed by atoms with Gasteiger partial charge in [0.15, 0.2) is 0 Å². The van der Waals surface area contributed by atoms with Crippen molar-refractivity contribution in [1.82, 2.24) is 14.7 Å². The van der Waals surface area contributed by atoms with Crippen molar-refractivity contribution in [2.45, 2.75) is 68.9 Å². The van der Waals surface area contributed by atoms with Gasteiger partial charge in [0.05, 0.1) is 6.04 Å². The van der Waals surface area contributed by atoms with Gasteiger partial charge in [-0.1, -0.05) is 42.5 Å². The lowest BCUT2D eigenvalue weighted by atomic mass is 10.0. The zero-order valence-electron chi connectivity index (χ0n) is 25.2. The second kappa shape index (κ2) is 15.6. The highest BCUT2D eigenvalue weighted by Crippen LogP contribution is 2.25. The second-order valence-electron chi connectivity index (χ2n) is 11.2. The number of hydrogen-bond acceptors (Lipinski definition) is 7. The van der Waals surface area contributed by atoms with Crippen LogP contribution < -0.4 is 11.5 Å². The molecule has 4 amide bonds. The fourth-order valence-electron chi connectivity index (χ4n) is 5.61. The minimum atomic E-state index is -5.08. The van der Waals surface area contributed by atoms with Gasteiger partial charge in [-0.3, -0.25) is 19.2 Å². The van der Waals surface area contributed by atoms with E-state index in [0.29, 0.717) is 38.8 Å². The molecule has 0 bridgehead atoms. The number of nitrogens with zero attached hydrogens (tertiary/aromatic N) is 3. The summed E-state index contributed by atoms with van der Waals surface area (Å²) in [5.41, 5.74) is 13.5. The first-order chi connectivity index (χ1) is 21.6. The third-order valence-electron chi connectivity index (χ3n) is 8.01. The van der Waals surface area contributed by atoms with E-state index in [0.717, 1.165) is 11.1 Å². The number of primary amides is 1. The van der Waals surface area contributed by atoms with Crippen LogP contribution in [0.5, 0.6) is 5.75 Å². The van der Waals surface area contributed by atoms with Gasteiger partial charge in [-0.05, 0) is 55.4 Å². The summed E-state index contributed by atoms with van der Waals surface area (Å²) in [6.45, 7) is 0.805. The number of hydrogen-bond donors (Lipinski definition) is 4. The molecule has 250 valence electrons. The number of likely N-dealkylation sites (tertiary alicyclic amines) is 2. The maximum atomic E-state index is 13.8. The Labute approximate surface area is 263 Å². The predicted molar refractivity (Wildman–Crippen MR) is 159 cm³/mol.